The van der Waals surface area contributed by atoms with Crippen LogP contribution in [0.2, 0.25) is 0 Å². The summed E-state index contributed by atoms with van der Waals surface area (Å²) < 4.78 is 7.22. The number of carboxylic acids is 1. The van der Waals surface area contributed by atoms with E-state index in [0.29, 0.717) is 29.9 Å². The molecule has 0 saturated heterocycles. The molecule has 1 aliphatic carbocycles. The van der Waals surface area contributed by atoms with Gasteiger partial charge in [0.25, 0.3) is 0 Å². The average Bonchev–Trinajstić information content (AvgIpc) is 3.36. The number of methoxy groups -OCH3 is 1. The molecule has 4 aromatic rings. The van der Waals surface area contributed by atoms with Gasteiger partial charge in [-0.15, -0.1) is 0 Å². The van der Waals surface area contributed by atoms with E-state index in [1.807, 2.05) is 24.3 Å². The molecule has 4 N–H and O–H groups in total. The predicted molar refractivity (Wildman–Crippen MR) is 119 cm³/mol. The van der Waals surface area contributed by atoms with Gasteiger partial charge in [-0.25, -0.2) is 14.5 Å². The fourth-order valence-electron chi connectivity index (χ4n) is 4.45. The summed E-state index contributed by atoms with van der Waals surface area (Å²) in [5.74, 6) is 1.01. The summed E-state index contributed by atoms with van der Waals surface area (Å²) in [6.07, 6.45) is 4.19. The van der Waals surface area contributed by atoms with Crippen LogP contribution in [0.3, 0.4) is 0 Å². The summed E-state index contributed by atoms with van der Waals surface area (Å²) in [6, 6.07) is 7.85. The van der Waals surface area contributed by atoms with E-state index < -0.39 is 5.97 Å². The minimum absolute atomic E-state index is 0. The Labute approximate surface area is 200 Å². The van der Waals surface area contributed by atoms with E-state index in [4.69, 9.17) is 15.5 Å². The van der Waals surface area contributed by atoms with Crippen molar-refractivity contribution in [1.82, 2.24) is 24.6 Å². The van der Waals surface area contributed by atoms with E-state index in [-0.39, 0.29) is 41.4 Å². The molecule has 0 radical (unpaired) electrons. The Balaban J connectivity index is 0.00000231. The molecular weight excluding hydrogens is 407 g/mol. The Morgan fingerprint density at radius 3 is 2.77 bits per heavy atom. The number of nitrogens with one attached hydrogen (secondary N) is 1. The van der Waals surface area contributed by atoms with Gasteiger partial charge in [-0.1, -0.05) is 12.1 Å². The Morgan fingerprint density at radius 2 is 2.06 bits per heavy atom. The van der Waals surface area contributed by atoms with Gasteiger partial charge in [0.15, 0.2) is 5.82 Å². The van der Waals surface area contributed by atoms with E-state index in [1.165, 1.54) is 6.33 Å². The molecule has 9 nitrogen and oxygen atoms in total. The third kappa shape index (κ3) is 3.66. The molecule has 0 aliphatic heterocycles. The van der Waals surface area contributed by atoms with Gasteiger partial charge in [0.05, 0.1) is 24.2 Å². The van der Waals surface area contributed by atoms with Gasteiger partial charge in [0, 0.05) is 11.3 Å². The van der Waals surface area contributed by atoms with Gasteiger partial charge in [-0.2, -0.15) is 5.10 Å². The Morgan fingerprint density at radius 1 is 1.29 bits per heavy atom. The fraction of sp³-hybridized carbons (Fsp3) is 0.333. The van der Waals surface area contributed by atoms with Gasteiger partial charge < -0.3 is 20.6 Å². The number of rotatable bonds is 4. The number of nitrogens with zero attached hydrogens (tertiary/aromatic N) is 4. The summed E-state index contributed by atoms with van der Waals surface area (Å²) in [4.78, 5) is 23.8. The number of imidazole rings is 1. The zero-order valence-electron chi connectivity index (χ0n) is 16.5. The topological polar surface area (TPSA) is 131 Å². The summed E-state index contributed by atoms with van der Waals surface area (Å²) in [5, 5.41) is 14.7. The standard InChI is InChI=1S/C21H22N6O3.Na.H/c1-30-15-4-2-3-13-9-14(25-16(13)15)17-18-19(22)23-10-24-27(18)20(26-17)11-5-7-12(8-6-11)21(28)29;;/h2-4,9-12,25H,5-8H2,1H3,(H,28,29)(H2,22,23,24);;/t11-,12-;;. The molecular formula is C21H23N6NaO3. The molecule has 3 aromatic heterocycles. The first kappa shape index (κ1) is 21.6. The van der Waals surface area contributed by atoms with Crippen LogP contribution in [0.25, 0.3) is 27.8 Å². The SMILES string of the molecule is COc1cccc2cc(-c3nc([C@H]4CC[C@H](C(=O)O)CC4)n4ncnc(N)c34)[nH]c12.[NaH]. The van der Waals surface area contributed by atoms with Crippen LogP contribution in [-0.2, 0) is 4.79 Å². The van der Waals surface area contributed by atoms with Crippen molar-refractivity contribution in [3.8, 4) is 17.1 Å². The van der Waals surface area contributed by atoms with Crippen molar-refractivity contribution in [3.63, 3.8) is 0 Å². The van der Waals surface area contributed by atoms with Crippen LogP contribution in [0, 0.1) is 5.92 Å². The maximum absolute atomic E-state index is 11.3. The molecule has 0 unspecified atom stereocenters. The molecule has 0 amide bonds. The summed E-state index contributed by atoms with van der Waals surface area (Å²) in [7, 11) is 1.64. The van der Waals surface area contributed by atoms with E-state index in [0.717, 1.165) is 41.0 Å². The van der Waals surface area contributed by atoms with Crippen molar-refractivity contribution in [2.45, 2.75) is 31.6 Å². The number of ether oxygens (including phenoxy) is 1. The number of H-pyrrole nitrogens is 1. The summed E-state index contributed by atoms with van der Waals surface area (Å²) >= 11 is 0. The second-order valence-corrected chi connectivity index (χ2v) is 7.72. The Kier molecular flexibility index (Phi) is 5.92. The van der Waals surface area contributed by atoms with Gasteiger partial charge in [-0.05, 0) is 37.8 Å². The number of aromatic nitrogens is 5. The number of aliphatic carboxylic acids is 1. The molecule has 0 bridgehead atoms. The Hall–Kier alpha value is -2.62. The number of nitrogen functional groups attached to an aromatic ring is 1. The third-order valence-corrected chi connectivity index (χ3v) is 6.02. The number of hydrogen-bond donors (Lipinski definition) is 3. The van der Waals surface area contributed by atoms with Gasteiger partial charge in [0.1, 0.15) is 29.1 Å². The third-order valence-electron chi connectivity index (χ3n) is 6.02. The van der Waals surface area contributed by atoms with Gasteiger partial charge >= 0.3 is 35.5 Å². The molecule has 1 aromatic carbocycles. The van der Waals surface area contributed by atoms with Crippen LogP contribution in [0.4, 0.5) is 5.82 Å². The van der Waals surface area contributed by atoms with Crippen molar-refractivity contribution in [1.29, 1.82) is 0 Å². The summed E-state index contributed by atoms with van der Waals surface area (Å²) in [5.41, 5.74) is 9.24. The van der Waals surface area contributed by atoms with E-state index in [2.05, 4.69) is 15.1 Å². The van der Waals surface area contributed by atoms with Crippen molar-refractivity contribution in [2.24, 2.45) is 5.92 Å². The molecule has 0 spiro atoms. The van der Waals surface area contributed by atoms with Crippen LogP contribution in [0.15, 0.2) is 30.6 Å². The molecule has 10 heteroatoms. The zero-order chi connectivity index (χ0) is 20.8. The number of anilines is 1. The van der Waals surface area contributed by atoms with Crippen molar-refractivity contribution in [3.05, 3.63) is 36.4 Å². The number of carbonyl (C=O) groups is 1. The molecule has 156 valence electrons. The first-order valence-corrected chi connectivity index (χ1v) is 9.94. The molecule has 1 saturated carbocycles. The number of para-hydroxylation sites is 1. The molecule has 0 atom stereocenters. The number of hydrogen-bond acceptors (Lipinski definition) is 6. The zero-order valence-corrected chi connectivity index (χ0v) is 16.5. The molecule has 5 rings (SSSR count). The molecule has 1 fully saturated rings. The predicted octanol–water partition coefficient (Wildman–Crippen LogP) is 2.57. The van der Waals surface area contributed by atoms with Gasteiger partial charge in [-0.3, -0.25) is 4.79 Å². The first-order chi connectivity index (χ1) is 14.6. The van der Waals surface area contributed by atoms with Crippen molar-refractivity contribution >= 4 is 57.8 Å². The molecule has 31 heavy (non-hydrogen) atoms. The van der Waals surface area contributed by atoms with Crippen molar-refractivity contribution < 1.29 is 14.6 Å². The monoisotopic (exact) mass is 430 g/mol. The number of nitrogens with two attached hydrogens (primary N) is 1. The number of carboxylic acid groups (broad SMARTS) is 1. The number of benzene rings is 1. The second kappa shape index (κ2) is 8.49. The van der Waals surface area contributed by atoms with E-state index >= 15 is 0 Å². The van der Waals surface area contributed by atoms with Crippen LogP contribution >= 0.6 is 0 Å². The number of fused-ring (bicyclic) bond motifs is 2. The Bertz CT molecular complexity index is 1260. The molecule has 3 heterocycles. The first-order valence-electron chi connectivity index (χ1n) is 9.94. The van der Waals surface area contributed by atoms with Gasteiger partial charge in [0.2, 0.25) is 0 Å². The molecule has 1 aliphatic rings. The second-order valence-electron chi connectivity index (χ2n) is 7.72. The van der Waals surface area contributed by atoms with E-state index in [9.17, 15) is 9.90 Å². The quantitative estimate of drug-likeness (QED) is 0.424. The average molecular weight is 430 g/mol. The maximum atomic E-state index is 11.3. The van der Waals surface area contributed by atoms with Crippen molar-refractivity contribution in [2.75, 3.05) is 12.8 Å². The fourth-order valence-corrected chi connectivity index (χ4v) is 4.45. The van der Waals surface area contributed by atoms with E-state index in [1.54, 1.807) is 11.6 Å². The van der Waals surface area contributed by atoms with Crippen LogP contribution < -0.4 is 10.5 Å². The number of aromatic amines is 1. The normalized spacial score (nSPS) is 18.7. The summed E-state index contributed by atoms with van der Waals surface area (Å²) in [6.45, 7) is 0. The van der Waals surface area contributed by atoms with Crippen LogP contribution in [0.1, 0.15) is 37.4 Å². The van der Waals surface area contributed by atoms with Crippen LogP contribution in [-0.4, -0.2) is 72.3 Å². The minimum atomic E-state index is -0.722. The van der Waals surface area contributed by atoms with Crippen LogP contribution in [0.5, 0.6) is 5.75 Å².